The standard InChI is InChI=1S/C12H9N3O5S/c1-20-11(17)9-6-13-12(21-9)14-10(16)7-2-4-8(5-3-7)15(18)19/h2-6H,1H3,(H,13,14,16). The molecule has 0 atom stereocenters. The SMILES string of the molecule is COC(=O)c1cnc(NC(=O)c2ccc([N+](=O)[O-])cc2)s1. The molecule has 108 valence electrons. The van der Waals surface area contributed by atoms with Crippen molar-refractivity contribution in [2.24, 2.45) is 0 Å². The molecule has 2 aromatic rings. The predicted octanol–water partition coefficient (Wildman–Crippen LogP) is 2.09. The second-order valence-corrected chi connectivity index (χ2v) is 4.81. The molecular weight excluding hydrogens is 298 g/mol. The molecule has 1 heterocycles. The molecule has 0 saturated carbocycles. The van der Waals surface area contributed by atoms with Gasteiger partial charge in [0.1, 0.15) is 4.88 Å². The lowest BCUT2D eigenvalue weighted by Gasteiger charge is -2.01. The highest BCUT2D eigenvalue weighted by Gasteiger charge is 2.14. The molecule has 9 heteroatoms. The van der Waals surface area contributed by atoms with Gasteiger partial charge >= 0.3 is 5.97 Å². The molecule has 8 nitrogen and oxygen atoms in total. The first-order chi connectivity index (χ1) is 10.0. The van der Waals surface area contributed by atoms with Gasteiger partial charge in [-0.05, 0) is 12.1 Å². The summed E-state index contributed by atoms with van der Waals surface area (Å²) < 4.78 is 4.53. The molecule has 0 bridgehead atoms. The van der Waals surface area contributed by atoms with Gasteiger partial charge in [-0.15, -0.1) is 0 Å². The van der Waals surface area contributed by atoms with Gasteiger partial charge in [0.2, 0.25) is 0 Å². The Kier molecular flexibility index (Phi) is 4.24. The van der Waals surface area contributed by atoms with E-state index in [0.29, 0.717) is 0 Å². The number of hydrogen-bond donors (Lipinski definition) is 1. The maximum Gasteiger partial charge on any atom is 0.349 e. The van der Waals surface area contributed by atoms with Gasteiger partial charge < -0.3 is 4.74 Å². The summed E-state index contributed by atoms with van der Waals surface area (Å²) in [5, 5.41) is 13.3. The van der Waals surface area contributed by atoms with E-state index in [1.165, 1.54) is 37.6 Å². The monoisotopic (exact) mass is 307 g/mol. The Bertz CT molecular complexity index is 695. The van der Waals surface area contributed by atoms with E-state index in [9.17, 15) is 19.7 Å². The van der Waals surface area contributed by atoms with Crippen molar-refractivity contribution in [2.75, 3.05) is 12.4 Å². The molecule has 0 aliphatic rings. The van der Waals surface area contributed by atoms with Crippen LogP contribution in [0.1, 0.15) is 20.0 Å². The van der Waals surface area contributed by atoms with Crippen LogP contribution in [0.4, 0.5) is 10.8 Å². The van der Waals surface area contributed by atoms with Gasteiger partial charge in [0.15, 0.2) is 5.13 Å². The van der Waals surface area contributed by atoms with Crippen molar-refractivity contribution >= 4 is 34.0 Å². The number of nitro benzene ring substituents is 1. The van der Waals surface area contributed by atoms with Crippen LogP contribution >= 0.6 is 11.3 Å². The van der Waals surface area contributed by atoms with Crippen molar-refractivity contribution in [1.82, 2.24) is 4.98 Å². The fourth-order valence-corrected chi connectivity index (χ4v) is 2.16. The van der Waals surface area contributed by atoms with Gasteiger partial charge in [0.05, 0.1) is 18.2 Å². The maximum atomic E-state index is 11.9. The second kappa shape index (κ2) is 6.09. The van der Waals surface area contributed by atoms with Gasteiger partial charge in [-0.25, -0.2) is 9.78 Å². The molecule has 1 aromatic heterocycles. The first-order valence-electron chi connectivity index (χ1n) is 5.61. The van der Waals surface area contributed by atoms with Crippen LogP contribution in [0.25, 0.3) is 0 Å². The van der Waals surface area contributed by atoms with Crippen molar-refractivity contribution in [3.05, 3.63) is 51.0 Å². The average molecular weight is 307 g/mol. The lowest BCUT2D eigenvalue weighted by molar-refractivity contribution is -0.384. The van der Waals surface area contributed by atoms with Crippen LogP contribution in [0.15, 0.2) is 30.5 Å². The van der Waals surface area contributed by atoms with E-state index in [1.54, 1.807) is 0 Å². The molecule has 0 spiro atoms. The third-order valence-electron chi connectivity index (χ3n) is 2.45. The van der Waals surface area contributed by atoms with E-state index in [4.69, 9.17) is 0 Å². The number of benzene rings is 1. The van der Waals surface area contributed by atoms with E-state index in [0.717, 1.165) is 11.3 Å². The number of methoxy groups -OCH3 is 1. The molecule has 0 radical (unpaired) electrons. The molecule has 0 aliphatic heterocycles. The first kappa shape index (κ1) is 14.6. The second-order valence-electron chi connectivity index (χ2n) is 3.78. The summed E-state index contributed by atoms with van der Waals surface area (Å²) in [4.78, 5) is 37.3. The van der Waals surface area contributed by atoms with E-state index in [2.05, 4.69) is 15.0 Å². The van der Waals surface area contributed by atoms with Crippen molar-refractivity contribution in [2.45, 2.75) is 0 Å². The number of carbonyl (C=O) groups is 2. The number of nitrogens with zero attached hydrogens (tertiary/aromatic N) is 2. The van der Waals surface area contributed by atoms with Crippen molar-refractivity contribution in [3.63, 3.8) is 0 Å². The summed E-state index contributed by atoms with van der Waals surface area (Å²) in [7, 11) is 1.25. The van der Waals surface area contributed by atoms with Crippen molar-refractivity contribution in [3.8, 4) is 0 Å². The van der Waals surface area contributed by atoms with Gasteiger partial charge in [-0.2, -0.15) is 0 Å². The molecule has 1 amide bonds. The topological polar surface area (TPSA) is 111 Å². The zero-order valence-corrected chi connectivity index (χ0v) is 11.5. The highest BCUT2D eigenvalue weighted by Crippen LogP contribution is 2.20. The third kappa shape index (κ3) is 3.39. The fraction of sp³-hybridized carbons (Fsp3) is 0.0833. The Morgan fingerprint density at radius 1 is 1.33 bits per heavy atom. The molecule has 21 heavy (non-hydrogen) atoms. The van der Waals surface area contributed by atoms with E-state index in [-0.39, 0.29) is 21.3 Å². The number of nitro groups is 1. The minimum absolute atomic E-state index is 0.103. The summed E-state index contributed by atoms with van der Waals surface area (Å²) >= 11 is 0.971. The van der Waals surface area contributed by atoms with Crippen LogP contribution in [0.2, 0.25) is 0 Å². The Balaban J connectivity index is 2.09. The number of nitrogens with one attached hydrogen (secondary N) is 1. The summed E-state index contributed by atoms with van der Waals surface area (Å²) in [6.45, 7) is 0. The third-order valence-corrected chi connectivity index (χ3v) is 3.35. The first-order valence-corrected chi connectivity index (χ1v) is 6.43. The number of hydrogen-bond acceptors (Lipinski definition) is 7. The Labute approximate surface area is 122 Å². The molecule has 1 aromatic carbocycles. The Hall–Kier alpha value is -2.81. The fourth-order valence-electron chi connectivity index (χ4n) is 1.43. The summed E-state index contributed by atoms with van der Waals surface area (Å²) in [6.07, 6.45) is 1.29. The number of amides is 1. The molecule has 0 aliphatic carbocycles. The van der Waals surface area contributed by atoms with Crippen LogP contribution in [-0.4, -0.2) is 28.9 Å². The average Bonchev–Trinajstić information content (AvgIpc) is 2.95. The number of rotatable bonds is 4. The van der Waals surface area contributed by atoms with Crippen LogP contribution in [0.5, 0.6) is 0 Å². The minimum Gasteiger partial charge on any atom is -0.465 e. The molecule has 0 fully saturated rings. The highest BCUT2D eigenvalue weighted by molar-refractivity contribution is 7.17. The normalized spacial score (nSPS) is 9.95. The number of thiazole rings is 1. The lowest BCUT2D eigenvalue weighted by Crippen LogP contribution is -2.11. The molecular formula is C12H9N3O5S. The van der Waals surface area contributed by atoms with Gasteiger partial charge in [0, 0.05) is 17.7 Å². The van der Waals surface area contributed by atoms with E-state index >= 15 is 0 Å². The Morgan fingerprint density at radius 3 is 2.57 bits per heavy atom. The molecule has 0 saturated heterocycles. The van der Waals surface area contributed by atoms with Crippen LogP contribution in [0, 0.1) is 10.1 Å². The summed E-state index contributed by atoms with van der Waals surface area (Å²) in [5.74, 6) is -1.01. The zero-order valence-electron chi connectivity index (χ0n) is 10.7. The molecule has 0 unspecified atom stereocenters. The van der Waals surface area contributed by atoms with Gasteiger partial charge in [-0.3, -0.25) is 20.2 Å². The zero-order chi connectivity index (χ0) is 15.4. The van der Waals surface area contributed by atoms with Crippen LogP contribution in [-0.2, 0) is 4.74 Å². The largest absolute Gasteiger partial charge is 0.465 e. The highest BCUT2D eigenvalue weighted by atomic mass is 32.1. The number of esters is 1. The van der Waals surface area contributed by atoms with E-state index in [1.807, 2.05) is 0 Å². The minimum atomic E-state index is -0.550. The van der Waals surface area contributed by atoms with Crippen molar-refractivity contribution < 1.29 is 19.2 Å². The lowest BCUT2D eigenvalue weighted by atomic mass is 10.2. The Morgan fingerprint density at radius 2 is 2.00 bits per heavy atom. The number of ether oxygens (including phenoxy) is 1. The van der Waals surface area contributed by atoms with E-state index < -0.39 is 16.8 Å². The number of non-ortho nitro benzene ring substituents is 1. The van der Waals surface area contributed by atoms with Gasteiger partial charge in [-0.1, -0.05) is 11.3 Å². The quantitative estimate of drug-likeness (QED) is 0.526. The smallest absolute Gasteiger partial charge is 0.349 e. The molecule has 1 N–H and O–H groups in total. The summed E-state index contributed by atoms with van der Waals surface area (Å²) in [6, 6.07) is 5.14. The van der Waals surface area contributed by atoms with Crippen LogP contribution < -0.4 is 5.32 Å². The molecule has 2 rings (SSSR count). The number of anilines is 1. The maximum absolute atomic E-state index is 11.9. The van der Waals surface area contributed by atoms with Gasteiger partial charge in [0.25, 0.3) is 11.6 Å². The van der Waals surface area contributed by atoms with Crippen LogP contribution in [0.3, 0.4) is 0 Å². The predicted molar refractivity (Wildman–Crippen MR) is 74.5 cm³/mol. The number of carbonyl (C=O) groups excluding carboxylic acids is 2. The summed E-state index contributed by atoms with van der Waals surface area (Å²) in [5.41, 5.74) is 0.143. The number of aromatic nitrogens is 1. The van der Waals surface area contributed by atoms with Crippen molar-refractivity contribution in [1.29, 1.82) is 0 Å².